The highest BCUT2D eigenvalue weighted by molar-refractivity contribution is 6.00. The van der Waals surface area contributed by atoms with Crippen LogP contribution in [0.25, 0.3) is 10.8 Å². The van der Waals surface area contributed by atoms with Gasteiger partial charge in [-0.15, -0.1) is 6.58 Å². The molecule has 8 nitrogen and oxygen atoms in total. The van der Waals surface area contributed by atoms with E-state index in [1.54, 1.807) is 39.0 Å². The number of hydrogen-bond donors (Lipinski definition) is 3. The van der Waals surface area contributed by atoms with Crippen LogP contribution < -0.4 is 10.6 Å². The highest BCUT2D eigenvalue weighted by Crippen LogP contribution is 2.26. The number of carbonyl (C=O) groups is 3. The largest absolute Gasteiger partial charge is 0.444 e. The number of aliphatic hydroxyl groups is 1. The SMILES string of the molecule is C=CCN(C(=O)C(CO)NC(=O)OC(C)(C)C)C(C(=O)Nc1ccc2ccccc2c1)c1ccc(C)cc1. The lowest BCUT2D eigenvalue weighted by molar-refractivity contribution is -0.140. The molecule has 0 fully saturated rings. The molecule has 38 heavy (non-hydrogen) atoms. The van der Waals surface area contributed by atoms with Crippen molar-refractivity contribution in [1.82, 2.24) is 10.2 Å². The highest BCUT2D eigenvalue weighted by Gasteiger charge is 2.35. The maximum Gasteiger partial charge on any atom is 0.408 e. The van der Waals surface area contributed by atoms with Gasteiger partial charge in [-0.05, 0) is 56.2 Å². The monoisotopic (exact) mass is 517 g/mol. The average Bonchev–Trinajstić information content (AvgIpc) is 2.86. The minimum absolute atomic E-state index is 0.00495. The van der Waals surface area contributed by atoms with Crippen LogP contribution in [0.3, 0.4) is 0 Å². The smallest absolute Gasteiger partial charge is 0.408 e. The van der Waals surface area contributed by atoms with E-state index in [1.807, 2.05) is 55.5 Å². The van der Waals surface area contributed by atoms with Gasteiger partial charge in [0, 0.05) is 12.2 Å². The Morgan fingerprint density at radius 2 is 1.68 bits per heavy atom. The lowest BCUT2D eigenvalue weighted by Crippen LogP contribution is -2.53. The minimum atomic E-state index is -1.33. The summed E-state index contributed by atoms with van der Waals surface area (Å²) in [4.78, 5) is 41.1. The molecular weight excluding hydrogens is 482 g/mol. The number of nitrogens with zero attached hydrogens (tertiary/aromatic N) is 1. The number of fused-ring (bicyclic) bond motifs is 1. The molecule has 0 aliphatic heterocycles. The van der Waals surface area contributed by atoms with Gasteiger partial charge < -0.3 is 25.4 Å². The topological polar surface area (TPSA) is 108 Å². The van der Waals surface area contributed by atoms with Crippen molar-refractivity contribution in [3.8, 4) is 0 Å². The van der Waals surface area contributed by atoms with E-state index in [0.717, 1.165) is 16.3 Å². The molecule has 0 saturated heterocycles. The molecule has 3 rings (SSSR count). The molecule has 0 aliphatic rings. The van der Waals surface area contributed by atoms with Crippen LogP contribution in [0, 0.1) is 6.92 Å². The zero-order valence-corrected chi connectivity index (χ0v) is 22.2. The summed E-state index contributed by atoms with van der Waals surface area (Å²) in [5.74, 6) is -1.11. The molecule has 8 heteroatoms. The van der Waals surface area contributed by atoms with E-state index >= 15 is 0 Å². The van der Waals surface area contributed by atoms with E-state index in [0.29, 0.717) is 11.3 Å². The molecule has 0 heterocycles. The second-order valence-corrected chi connectivity index (χ2v) is 10.0. The van der Waals surface area contributed by atoms with Gasteiger partial charge >= 0.3 is 6.09 Å². The Kier molecular flexibility index (Phi) is 9.25. The fourth-order valence-electron chi connectivity index (χ4n) is 4.00. The van der Waals surface area contributed by atoms with E-state index in [-0.39, 0.29) is 6.54 Å². The third-order valence-corrected chi connectivity index (χ3v) is 5.75. The van der Waals surface area contributed by atoms with E-state index in [9.17, 15) is 19.5 Å². The van der Waals surface area contributed by atoms with Gasteiger partial charge in [0.05, 0.1) is 6.61 Å². The van der Waals surface area contributed by atoms with Gasteiger partial charge in [0.15, 0.2) is 0 Å². The van der Waals surface area contributed by atoms with E-state index in [2.05, 4.69) is 17.2 Å². The summed E-state index contributed by atoms with van der Waals surface area (Å²) in [6.07, 6.45) is 0.639. The molecule has 200 valence electrons. The van der Waals surface area contributed by atoms with Crippen molar-refractivity contribution in [1.29, 1.82) is 0 Å². The molecule has 0 aliphatic carbocycles. The standard InChI is InChI=1S/C30H35N3O5/c1-6-17-33(28(36)25(19-34)32-29(37)38-30(3,4)5)26(22-13-11-20(2)12-14-22)27(35)31-24-16-15-21-9-7-8-10-23(21)18-24/h6-16,18,25-26,34H,1,17,19H2,2-5H3,(H,31,35)(H,32,37). The van der Waals surface area contributed by atoms with Gasteiger partial charge in [0.1, 0.15) is 17.7 Å². The number of aryl methyl sites for hydroxylation is 1. The number of nitrogens with one attached hydrogen (secondary N) is 2. The predicted molar refractivity (Wildman–Crippen MR) is 149 cm³/mol. The first-order valence-electron chi connectivity index (χ1n) is 12.4. The van der Waals surface area contributed by atoms with Crippen molar-refractivity contribution >= 4 is 34.4 Å². The molecule has 3 N–H and O–H groups in total. The third kappa shape index (κ3) is 7.43. The predicted octanol–water partition coefficient (Wildman–Crippen LogP) is 4.73. The molecule has 3 aromatic carbocycles. The number of carbonyl (C=O) groups excluding carboxylic acids is 3. The summed E-state index contributed by atoms with van der Waals surface area (Å²) in [6, 6.07) is 18.2. The number of amides is 3. The molecule has 0 radical (unpaired) electrons. The number of rotatable bonds is 9. The highest BCUT2D eigenvalue weighted by atomic mass is 16.6. The lowest BCUT2D eigenvalue weighted by Gasteiger charge is -2.33. The summed E-state index contributed by atoms with van der Waals surface area (Å²) in [5, 5.41) is 17.3. The van der Waals surface area contributed by atoms with Crippen molar-refractivity contribution < 1.29 is 24.2 Å². The Balaban J connectivity index is 1.95. The summed E-state index contributed by atoms with van der Waals surface area (Å²) >= 11 is 0. The zero-order chi connectivity index (χ0) is 27.9. The van der Waals surface area contributed by atoms with Crippen LogP contribution in [0.5, 0.6) is 0 Å². The Bertz CT molecular complexity index is 1300. The van der Waals surface area contributed by atoms with E-state index in [1.165, 1.54) is 11.0 Å². The van der Waals surface area contributed by atoms with Crippen LogP contribution in [0.4, 0.5) is 10.5 Å². The van der Waals surface area contributed by atoms with Gasteiger partial charge in [-0.25, -0.2) is 4.79 Å². The molecule has 0 spiro atoms. The number of alkyl carbamates (subject to hydrolysis) is 1. The van der Waals surface area contributed by atoms with E-state index < -0.39 is 42.2 Å². The van der Waals surface area contributed by atoms with Gasteiger partial charge in [0.25, 0.3) is 5.91 Å². The Labute approximate surface area is 223 Å². The Morgan fingerprint density at radius 3 is 2.29 bits per heavy atom. The summed E-state index contributed by atoms with van der Waals surface area (Å²) in [5.41, 5.74) is 1.34. The molecule has 0 bridgehead atoms. The van der Waals surface area contributed by atoms with Gasteiger partial charge in [0.2, 0.25) is 5.91 Å². The number of hydrogen-bond acceptors (Lipinski definition) is 5. The van der Waals surface area contributed by atoms with Crippen molar-refractivity contribution in [2.45, 2.75) is 45.4 Å². The van der Waals surface area contributed by atoms with Crippen LogP contribution in [0.15, 0.2) is 79.4 Å². The van der Waals surface area contributed by atoms with Crippen molar-refractivity contribution in [3.05, 3.63) is 90.5 Å². The number of aliphatic hydroxyl groups excluding tert-OH is 1. The number of ether oxygens (including phenoxy) is 1. The second kappa shape index (κ2) is 12.4. The molecule has 3 amide bonds. The fraction of sp³-hybridized carbons (Fsp3) is 0.300. The molecule has 2 atom stereocenters. The summed E-state index contributed by atoms with van der Waals surface area (Å²) in [6.45, 7) is 10.1. The quantitative estimate of drug-likeness (QED) is 0.356. The third-order valence-electron chi connectivity index (χ3n) is 5.75. The molecule has 0 aromatic heterocycles. The van der Waals surface area contributed by atoms with Gasteiger partial charge in [-0.2, -0.15) is 0 Å². The van der Waals surface area contributed by atoms with Gasteiger partial charge in [-0.3, -0.25) is 9.59 Å². The number of anilines is 1. The normalized spacial score (nSPS) is 12.8. The molecule has 2 unspecified atom stereocenters. The van der Waals surface area contributed by atoms with Gasteiger partial charge in [-0.1, -0.05) is 66.2 Å². The van der Waals surface area contributed by atoms with Crippen LogP contribution in [0.1, 0.15) is 37.9 Å². The molecule has 3 aromatic rings. The first kappa shape index (κ1) is 28.4. The Hall–Kier alpha value is -4.17. The summed E-state index contributed by atoms with van der Waals surface area (Å²) in [7, 11) is 0. The number of benzene rings is 3. The average molecular weight is 518 g/mol. The van der Waals surface area contributed by atoms with Crippen LogP contribution in [0.2, 0.25) is 0 Å². The fourth-order valence-corrected chi connectivity index (χ4v) is 4.00. The van der Waals surface area contributed by atoms with Crippen LogP contribution in [-0.2, 0) is 14.3 Å². The Morgan fingerprint density at radius 1 is 1.03 bits per heavy atom. The van der Waals surface area contributed by atoms with Crippen molar-refractivity contribution in [2.24, 2.45) is 0 Å². The van der Waals surface area contributed by atoms with Crippen molar-refractivity contribution in [3.63, 3.8) is 0 Å². The maximum atomic E-state index is 13.8. The maximum absolute atomic E-state index is 13.8. The van der Waals surface area contributed by atoms with Crippen LogP contribution in [-0.4, -0.2) is 52.7 Å². The van der Waals surface area contributed by atoms with Crippen LogP contribution >= 0.6 is 0 Å². The lowest BCUT2D eigenvalue weighted by atomic mass is 10.0. The minimum Gasteiger partial charge on any atom is -0.444 e. The summed E-state index contributed by atoms with van der Waals surface area (Å²) < 4.78 is 5.25. The first-order valence-corrected chi connectivity index (χ1v) is 12.4. The van der Waals surface area contributed by atoms with Crippen molar-refractivity contribution in [2.75, 3.05) is 18.5 Å². The molecular formula is C30H35N3O5. The second-order valence-electron chi connectivity index (χ2n) is 10.0. The molecule has 0 saturated carbocycles. The zero-order valence-electron chi connectivity index (χ0n) is 22.2. The van der Waals surface area contributed by atoms with E-state index in [4.69, 9.17) is 4.74 Å². The first-order chi connectivity index (χ1) is 18.0.